The van der Waals surface area contributed by atoms with Gasteiger partial charge >= 0.3 is 5.97 Å². The summed E-state index contributed by atoms with van der Waals surface area (Å²) in [7, 11) is 2.06. The molecule has 1 saturated heterocycles. The number of benzene rings is 1. The number of aliphatic hydroxyl groups is 1. The van der Waals surface area contributed by atoms with E-state index in [2.05, 4.69) is 60.0 Å². The van der Waals surface area contributed by atoms with Crippen LogP contribution >= 0.6 is 0 Å². The zero-order valence-corrected chi connectivity index (χ0v) is 22.0. The van der Waals surface area contributed by atoms with Crippen molar-refractivity contribution >= 4 is 5.97 Å². The van der Waals surface area contributed by atoms with Crippen LogP contribution in [0, 0.1) is 11.3 Å². The van der Waals surface area contributed by atoms with Crippen molar-refractivity contribution in [3.63, 3.8) is 0 Å². The van der Waals surface area contributed by atoms with Crippen LogP contribution in [0.25, 0.3) is 11.4 Å². The molecule has 37 heavy (non-hydrogen) atoms. The minimum Gasteiger partial charge on any atom is -0.481 e. The molecule has 2 N–H and O–H groups in total. The summed E-state index contributed by atoms with van der Waals surface area (Å²) in [5.41, 5.74) is 1.80. The third-order valence-electron chi connectivity index (χ3n) is 8.39. The van der Waals surface area contributed by atoms with Crippen molar-refractivity contribution in [3.05, 3.63) is 65.3 Å². The lowest BCUT2D eigenvalue weighted by Gasteiger charge is -2.55. The van der Waals surface area contributed by atoms with Crippen molar-refractivity contribution in [1.82, 2.24) is 20.0 Å². The lowest BCUT2D eigenvalue weighted by atomic mass is 9.62. The third-order valence-corrected chi connectivity index (χ3v) is 8.39. The van der Waals surface area contributed by atoms with Gasteiger partial charge in [-0.05, 0) is 55.8 Å². The van der Waals surface area contributed by atoms with E-state index in [1.54, 1.807) is 12.4 Å². The average molecular weight is 505 g/mol. The summed E-state index contributed by atoms with van der Waals surface area (Å²) >= 11 is 0. The Bertz CT molecular complexity index is 1260. The number of carbonyl (C=O) groups is 1. The largest absolute Gasteiger partial charge is 0.481 e. The highest BCUT2D eigenvalue weighted by Crippen LogP contribution is 2.50. The molecule has 5 rings (SSSR count). The molecular weight excluding hydrogens is 468 g/mol. The van der Waals surface area contributed by atoms with Crippen LogP contribution in [0.15, 0.2) is 47.2 Å². The van der Waals surface area contributed by atoms with Crippen LogP contribution in [0.4, 0.5) is 0 Å². The van der Waals surface area contributed by atoms with E-state index in [9.17, 15) is 15.0 Å². The molecule has 2 fully saturated rings. The fourth-order valence-corrected chi connectivity index (χ4v) is 6.21. The highest BCUT2D eigenvalue weighted by atomic mass is 16.5. The molecule has 1 atom stereocenters. The molecule has 2 aliphatic rings. The van der Waals surface area contributed by atoms with E-state index in [1.807, 2.05) is 18.2 Å². The molecule has 8 nitrogen and oxygen atoms in total. The van der Waals surface area contributed by atoms with Crippen molar-refractivity contribution in [2.45, 2.75) is 63.9 Å². The number of hydrogen-bond acceptors (Lipinski definition) is 7. The first-order chi connectivity index (χ1) is 17.6. The fourth-order valence-electron chi connectivity index (χ4n) is 6.21. The zero-order valence-electron chi connectivity index (χ0n) is 22.0. The standard InChI is InChI=1S/C29H36N4O4/c1-18(2)19-9-11-23(12-10-19)29(36,28(3)16-33(4)17-28)24-13-22(14-30-15-24)25-31-26(37-32-25)20-5-7-21(8-6-20)27(34)35/h9-15,18,20-21,36H,5-8,16-17H2,1-4H3,(H,34,35)/t20?,21?,29-/m0/s1. The Morgan fingerprint density at radius 3 is 2.38 bits per heavy atom. The molecule has 0 unspecified atom stereocenters. The van der Waals surface area contributed by atoms with Gasteiger partial charge in [0.05, 0.1) is 5.92 Å². The van der Waals surface area contributed by atoms with Crippen LogP contribution in [-0.2, 0) is 10.4 Å². The normalized spacial score (nSPS) is 23.4. The van der Waals surface area contributed by atoms with E-state index in [-0.39, 0.29) is 11.8 Å². The summed E-state index contributed by atoms with van der Waals surface area (Å²) in [5, 5.41) is 25.9. The molecular formula is C29H36N4O4. The molecule has 2 aromatic heterocycles. The van der Waals surface area contributed by atoms with Crippen LogP contribution in [0.1, 0.15) is 80.9 Å². The van der Waals surface area contributed by atoms with Gasteiger partial charge in [0.1, 0.15) is 5.60 Å². The number of carboxylic acids is 1. The van der Waals surface area contributed by atoms with Gasteiger partial charge in [0.2, 0.25) is 11.7 Å². The first-order valence-corrected chi connectivity index (χ1v) is 13.1. The summed E-state index contributed by atoms with van der Waals surface area (Å²) in [6.07, 6.45) is 6.09. The van der Waals surface area contributed by atoms with Gasteiger partial charge in [-0.3, -0.25) is 9.78 Å². The van der Waals surface area contributed by atoms with Gasteiger partial charge in [-0.1, -0.05) is 50.2 Å². The van der Waals surface area contributed by atoms with E-state index >= 15 is 0 Å². The fraction of sp³-hybridized carbons (Fsp3) is 0.517. The summed E-state index contributed by atoms with van der Waals surface area (Å²) < 4.78 is 5.61. The molecule has 1 aliphatic carbocycles. The maximum absolute atomic E-state index is 12.5. The Morgan fingerprint density at radius 1 is 1.11 bits per heavy atom. The van der Waals surface area contributed by atoms with E-state index in [4.69, 9.17) is 4.52 Å². The van der Waals surface area contributed by atoms with E-state index in [0.717, 1.165) is 31.5 Å². The van der Waals surface area contributed by atoms with Gasteiger partial charge in [-0.2, -0.15) is 4.98 Å². The molecule has 0 amide bonds. The number of aromatic nitrogens is 3. The molecule has 0 bridgehead atoms. The number of hydrogen-bond donors (Lipinski definition) is 2. The van der Waals surface area contributed by atoms with E-state index in [1.165, 1.54) is 5.56 Å². The molecule has 1 aromatic carbocycles. The Hall–Kier alpha value is -3.10. The Morgan fingerprint density at radius 2 is 1.78 bits per heavy atom. The van der Waals surface area contributed by atoms with Crippen LogP contribution in [0.3, 0.4) is 0 Å². The Balaban J connectivity index is 1.46. The van der Waals surface area contributed by atoms with Crippen LogP contribution in [0.2, 0.25) is 0 Å². The number of pyridine rings is 1. The monoisotopic (exact) mass is 504 g/mol. The topological polar surface area (TPSA) is 113 Å². The first-order valence-electron chi connectivity index (χ1n) is 13.1. The quantitative estimate of drug-likeness (QED) is 0.472. The average Bonchev–Trinajstić information content (AvgIpc) is 3.38. The second kappa shape index (κ2) is 9.65. The van der Waals surface area contributed by atoms with E-state index in [0.29, 0.717) is 41.6 Å². The second-order valence-electron chi connectivity index (χ2n) is 11.5. The number of nitrogens with zero attached hydrogens (tertiary/aromatic N) is 4. The summed E-state index contributed by atoms with van der Waals surface area (Å²) in [5.74, 6) is 0.413. The SMILES string of the molecule is CC(C)c1ccc([C@](O)(c2cncc(-c3noc(C4CCC(C(=O)O)CC4)n3)c2)C2(C)CN(C)C2)cc1. The lowest BCUT2D eigenvalue weighted by molar-refractivity contribution is -0.142. The van der Waals surface area contributed by atoms with Crippen LogP contribution in [-0.4, -0.2) is 56.3 Å². The number of carboxylic acid groups (broad SMARTS) is 1. The van der Waals surface area contributed by atoms with Gasteiger partial charge in [0.25, 0.3) is 0 Å². The van der Waals surface area contributed by atoms with E-state index < -0.39 is 17.0 Å². The molecule has 196 valence electrons. The van der Waals surface area contributed by atoms with Crippen molar-refractivity contribution in [2.24, 2.45) is 11.3 Å². The lowest BCUT2D eigenvalue weighted by Crippen LogP contribution is -2.63. The molecule has 0 radical (unpaired) electrons. The van der Waals surface area contributed by atoms with Crippen molar-refractivity contribution < 1.29 is 19.5 Å². The van der Waals surface area contributed by atoms with Gasteiger partial charge in [-0.25, -0.2) is 0 Å². The minimum atomic E-state index is -1.25. The third kappa shape index (κ3) is 4.57. The molecule has 3 heterocycles. The maximum Gasteiger partial charge on any atom is 0.306 e. The van der Waals surface area contributed by atoms with Crippen molar-refractivity contribution in [2.75, 3.05) is 20.1 Å². The first kappa shape index (κ1) is 25.5. The smallest absolute Gasteiger partial charge is 0.306 e. The Kier molecular flexibility index (Phi) is 6.66. The van der Waals surface area contributed by atoms with Crippen molar-refractivity contribution in [3.8, 4) is 11.4 Å². The predicted octanol–water partition coefficient (Wildman–Crippen LogP) is 4.80. The van der Waals surface area contributed by atoms with Gasteiger partial charge in [0, 0.05) is 47.9 Å². The van der Waals surface area contributed by atoms with Gasteiger partial charge in [-0.15, -0.1) is 0 Å². The summed E-state index contributed by atoms with van der Waals surface area (Å²) in [4.78, 5) is 22.6. The highest BCUT2D eigenvalue weighted by Gasteiger charge is 2.55. The predicted molar refractivity (Wildman–Crippen MR) is 139 cm³/mol. The number of likely N-dealkylation sites (tertiary alicyclic amines) is 1. The van der Waals surface area contributed by atoms with Gasteiger partial charge in [0.15, 0.2) is 0 Å². The van der Waals surface area contributed by atoms with Crippen LogP contribution < -0.4 is 0 Å². The molecule has 0 spiro atoms. The zero-order chi connectivity index (χ0) is 26.4. The highest BCUT2D eigenvalue weighted by molar-refractivity contribution is 5.70. The minimum absolute atomic E-state index is 0.0637. The summed E-state index contributed by atoms with van der Waals surface area (Å²) in [6, 6.07) is 10.2. The number of aliphatic carboxylic acids is 1. The molecule has 1 aliphatic heterocycles. The second-order valence-corrected chi connectivity index (χ2v) is 11.5. The van der Waals surface area contributed by atoms with Gasteiger partial charge < -0.3 is 19.6 Å². The molecule has 1 saturated carbocycles. The molecule has 3 aromatic rings. The van der Waals surface area contributed by atoms with Crippen LogP contribution in [0.5, 0.6) is 0 Å². The summed E-state index contributed by atoms with van der Waals surface area (Å²) in [6.45, 7) is 7.95. The maximum atomic E-state index is 12.5. The molecule has 8 heteroatoms. The Labute approximate surface area is 217 Å². The van der Waals surface area contributed by atoms with Crippen molar-refractivity contribution in [1.29, 1.82) is 0 Å². The number of rotatable bonds is 7.